The first-order valence-electron chi connectivity index (χ1n) is 7.48. The first kappa shape index (κ1) is 16.5. The van der Waals surface area contributed by atoms with Crippen LogP contribution in [0.4, 0.5) is 0 Å². The van der Waals surface area contributed by atoms with Crippen molar-refractivity contribution in [3.8, 4) is 5.75 Å². The Balaban J connectivity index is 2.91. The van der Waals surface area contributed by atoms with Crippen molar-refractivity contribution in [3.63, 3.8) is 0 Å². The SMILES string of the molecule is CCCCCOc1cc(C)c(C(=O)OC)c(CCC)c1. The van der Waals surface area contributed by atoms with Crippen LogP contribution in [0.3, 0.4) is 0 Å². The number of methoxy groups -OCH3 is 1. The van der Waals surface area contributed by atoms with Gasteiger partial charge in [0.2, 0.25) is 0 Å². The highest BCUT2D eigenvalue weighted by atomic mass is 16.5. The molecule has 0 heterocycles. The van der Waals surface area contributed by atoms with Gasteiger partial charge in [0.25, 0.3) is 0 Å². The molecule has 0 unspecified atom stereocenters. The molecule has 0 amide bonds. The second kappa shape index (κ2) is 8.62. The molecule has 0 aliphatic heterocycles. The van der Waals surface area contributed by atoms with Gasteiger partial charge in [0, 0.05) is 0 Å². The number of hydrogen-bond donors (Lipinski definition) is 0. The lowest BCUT2D eigenvalue weighted by molar-refractivity contribution is 0.0598. The highest BCUT2D eigenvalue weighted by Gasteiger charge is 2.16. The summed E-state index contributed by atoms with van der Waals surface area (Å²) in [5, 5.41) is 0. The third-order valence-corrected chi connectivity index (χ3v) is 3.32. The molecule has 0 bridgehead atoms. The molecular formula is C17H26O3. The molecule has 0 saturated heterocycles. The standard InChI is InChI=1S/C17H26O3/c1-5-7-8-10-20-15-11-13(3)16(17(18)19-4)14(12-15)9-6-2/h11-12H,5-10H2,1-4H3. The molecule has 0 radical (unpaired) electrons. The van der Waals surface area contributed by atoms with Crippen LogP contribution in [0.2, 0.25) is 0 Å². The molecule has 0 atom stereocenters. The summed E-state index contributed by atoms with van der Waals surface area (Å²) in [6, 6.07) is 3.91. The molecule has 1 rings (SSSR count). The van der Waals surface area contributed by atoms with Crippen molar-refractivity contribution in [2.75, 3.05) is 13.7 Å². The van der Waals surface area contributed by atoms with Crippen LogP contribution in [-0.4, -0.2) is 19.7 Å². The summed E-state index contributed by atoms with van der Waals surface area (Å²) < 4.78 is 10.7. The second-order valence-electron chi connectivity index (χ2n) is 5.07. The molecule has 0 fully saturated rings. The van der Waals surface area contributed by atoms with E-state index in [1.54, 1.807) is 0 Å². The van der Waals surface area contributed by atoms with Gasteiger partial charge in [-0.1, -0.05) is 33.1 Å². The molecule has 0 N–H and O–H groups in total. The number of rotatable bonds is 8. The fourth-order valence-corrected chi connectivity index (χ4v) is 2.31. The van der Waals surface area contributed by atoms with E-state index in [1.807, 2.05) is 19.1 Å². The van der Waals surface area contributed by atoms with Gasteiger partial charge >= 0.3 is 5.97 Å². The quantitative estimate of drug-likeness (QED) is 0.525. The van der Waals surface area contributed by atoms with Gasteiger partial charge in [0.05, 0.1) is 19.3 Å². The van der Waals surface area contributed by atoms with Crippen molar-refractivity contribution < 1.29 is 14.3 Å². The third-order valence-electron chi connectivity index (χ3n) is 3.32. The summed E-state index contributed by atoms with van der Waals surface area (Å²) >= 11 is 0. The molecule has 3 nitrogen and oxygen atoms in total. The van der Waals surface area contributed by atoms with Crippen LogP contribution in [-0.2, 0) is 11.2 Å². The number of benzene rings is 1. The molecule has 0 aliphatic carbocycles. The van der Waals surface area contributed by atoms with Gasteiger partial charge in [0.15, 0.2) is 0 Å². The van der Waals surface area contributed by atoms with Crippen LogP contribution in [0, 0.1) is 6.92 Å². The Bertz CT molecular complexity index is 438. The predicted molar refractivity (Wildman–Crippen MR) is 81.5 cm³/mol. The maximum atomic E-state index is 11.9. The van der Waals surface area contributed by atoms with Crippen molar-refractivity contribution in [1.29, 1.82) is 0 Å². The van der Waals surface area contributed by atoms with E-state index in [1.165, 1.54) is 20.0 Å². The van der Waals surface area contributed by atoms with Crippen LogP contribution in [0.25, 0.3) is 0 Å². The average Bonchev–Trinajstić information content (AvgIpc) is 2.43. The number of carbonyl (C=O) groups excluding carboxylic acids is 1. The van der Waals surface area contributed by atoms with Crippen LogP contribution in [0.15, 0.2) is 12.1 Å². The highest BCUT2D eigenvalue weighted by Crippen LogP contribution is 2.24. The van der Waals surface area contributed by atoms with Crippen LogP contribution >= 0.6 is 0 Å². The maximum Gasteiger partial charge on any atom is 0.338 e. The van der Waals surface area contributed by atoms with Crippen LogP contribution in [0.5, 0.6) is 5.75 Å². The van der Waals surface area contributed by atoms with Crippen molar-refractivity contribution in [1.82, 2.24) is 0 Å². The van der Waals surface area contributed by atoms with E-state index in [4.69, 9.17) is 9.47 Å². The fourth-order valence-electron chi connectivity index (χ4n) is 2.31. The Kier molecular flexibility index (Phi) is 7.13. The first-order valence-corrected chi connectivity index (χ1v) is 7.48. The third kappa shape index (κ3) is 4.55. The molecule has 0 saturated carbocycles. The Hall–Kier alpha value is -1.51. The molecule has 20 heavy (non-hydrogen) atoms. The Morgan fingerprint density at radius 1 is 1.15 bits per heavy atom. The predicted octanol–water partition coefficient (Wildman–Crippen LogP) is 4.30. The minimum Gasteiger partial charge on any atom is -0.494 e. The Labute approximate surface area is 122 Å². The van der Waals surface area contributed by atoms with Crippen LogP contribution in [0.1, 0.15) is 61.0 Å². The minimum atomic E-state index is -0.261. The lowest BCUT2D eigenvalue weighted by atomic mass is 9.98. The Morgan fingerprint density at radius 3 is 2.50 bits per heavy atom. The van der Waals surface area contributed by atoms with Crippen molar-refractivity contribution in [3.05, 3.63) is 28.8 Å². The van der Waals surface area contributed by atoms with Gasteiger partial charge in [-0.3, -0.25) is 0 Å². The fraction of sp³-hybridized carbons (Fsp3) is 0.588. The maximum absolute atomic E-state index is 11.9. The summed E-state index contributed by atoms with van der Waals surface area (Å²) in [5.74, 6) is 0.596. The first-order chi connectivity index (χ1) is 9.63. The summed E-state index contributed by atoms with van der Waals surface area (Å²) in [6.07, 6.45) is 5.28. The van der Waals surface area contributed by atoms with Gasteiger partial charge < -0.3 is 9.47 Å². The molecule has 0 spiro atoms. The Morgan fingerprint density at radius 2 is 1.90 bits per heavy atom. The van der Waals surface area contributed by atoms with Crippen molar-refractivity contribution in [2.24, 2.45) is 0 Å². The highest BCUT2D eigenvalue weighted by molar-refractivity contribution is 5.93. The van der Waals surface area contributed by atoms with E-state index in [-0.39, 0.29) is 5.97 Å². The normalized spacial score (nSPS) is 10.4. The molecule has 1 aromatic rings. The van der Waals surface area contributed by atoms with E-state index >= 15 is 0 Å². The van der Waals surface area contributed by atoms with Crippen molar-refractivity contribution in [2.45, 2.75) is 52.9 Å². The largest absolute Gasteiger partial charge is 0.494 e. The number of ether oxygens (including phenoxy) is 2. The van der Waals surface area contributed by atoms with E-state index in [2.05, 4.69) is 13.8 Å². The summed E-state index contributed by atoms with van der Waals surface area (Å²) in [6.45, 7) is 6.94. The number of hydrogen-bond acceptors (Lipinski definition) is 3. The lowest BCUT2D eigenvalue weighted by Crippen LogP contribution is -2.09. The van der Waals surface area contributed by atoms with E-state index in [0.29, 0.717) is 5.56 Å². The smallest absolute Gasteiger partial charge is 0.338 e. The summed E-state index contributed by atoms with van der Waals surface area (Å²) in [7, 11) is 1.42. The minimum absolute atomic E-state index is 0.261. The number of carbonyl (C=O) groups is 1. The number of aryl methyl sites for hydroxylation is 2. The zero-order chi connectivity index (χ0) is 15.0. The summed E-state index contributed by atoms with van der Waals surface area (Å²) in [4.78, 5) is 11.9. The molecule has 3 heteroatoms. The van der Waals surface area contributed by atoms with Gasteiger partial charge in [-0.15, -0.1) is 0 Å². The van der Waals surface area contributed by atoms with Crippen molar-refractivity contribution >= 4 is 5.97 Å². The number of esters is 1. The lowest BCUT2D eigenvalue weighted by Gasteiger charge is -2.14. The van der Waals surface area contributed by atoms with Gasteiger partial charge in [-0.05, 0) is 43.0 Å². The van der Waals surface area contributed by atoms with Gasteiger partial charge in [-0.25, -0.2) is 4.79 Å². The van der Waals surface area contributed by atoms with E-state index in [0.717, 1.165) is 42.7 Å². The van der Waals surface area contributed by atoms with E-state index in [9.17, 15) is 4.79 Å². The topological polar surface area (TPSA) is 35.5 Å². The van der Waals surface area contributed by atoms with Gasteiger partial charge in [-0.2, -0.15) is 0 Å². The zero-order valence-corrected chi connectivity index (χ0v) is 13.1. The molecular weight excluding hydrogens is 252 g/mol. The zero-order valence-electron chi connectivity index (χ0n) is 13.1. The van der Waals surface area contributed by atoms with Gasteiger partial charge in [0.1, 0.15) is 5.75 Å². The van der Waals surface area contributed by atoms with E-state index < -0.39 is 0 Å². The summed E-state index contributed by atoms with van der Waals surface area (Å²) in [5.41, 5.74) is 2.63. The molecule has 1 aromatic carbocycles. The molecule has 112 valence electrons. The molecule has 0 aliphatic rings. The molecule has 0 aromatic heterocycles. The monoisotopic (exact) mass is 278 g/mol. The second-order valence-corrected chi connectivity index (χ2v) is 5.07. The van der Waals surface area contributed by atoms with Crippen LogP contribution < -0.4 is 4.74 Å². The average molecular weight is 278 g/mol. The number of unbranched alkanes of at least 4 members (excludes halogenated alkanes) is 2.